The van der Waals surface area contributed by atoms with Crippen LogP contribution in [0.4, 0.5) is 5.69 Å². The van der Waals surface area contributed by atoms with Gasteiger partial charge in [0.25, 0.3) is 0 Å². The lowest BCUT2D eigenvalue weighted by atomic mass is 10.0. The Kier molecular flexibility index (Phi) is 5.21. The molecule has 1 aliphatic heterocycles. The summed E-state index contributed by atoms with van der Waals surface area (Å²) in [5.41, 5.74) is 10.2. The highest BCUT2D eigenvalue weighted by atomic mass is 32.2. The molecule has 3 rings (SSSR count). The van der Waals surface area contributed by atoms with Gasteiger partial charge in [0.05, 0.1) is 10.6 Å². The van der Waals surface area contributed by atoms with Crippen molar-refractivity contribution in [1.29, 1.82) is 10.7 Å². The second-order valence-corrected chi connectivity index (χ2v) is 7.92. The van der Waals surface area contributed by atoms with Crippen LogP contribution < -0.4 is 11.2 Å². The number of amidine groups is 1. The summed E-state index contributed by atoms with van der Waals surface area (Å²) in [7, 11) is -3.61. The number of fused-ring (bicyclic) bond motifs is 1. The van der Waals surface area contributed by atoms with Crippen LogP contribution in [0.2, 0.25) is 0 Å². The quantitative estimate of drug-likeness (QED) is 0.410. The number of nitrogens with two attached hydrogens (primary N) is 1. The lowest BCUT2D eigenvalue weighted by Crippen LogP contribution is -2.35. The number of nitrogens with zero attached hydrogens (tertiary/aromatic N) is 3. The van der Waals surface area contributed by atoms with Crippen LogP contribution in [0.1, 0.15) is 11.1 Å². The van der Waals surface area contributed by atoms with Crippen molar-refractivity contribution in [2.24, 2.45) is 10.8 Å². The molecule has 2 aromatic carbocycles. The summed E-state index contributed by atoms with van der Waals surface area (Å²) in [4.78, 5) is 0.184. The van der Waals surface area contributed by atoms with Gasteiger partial charge in [-0.05, 0) is 41.8 Å². The molecule has 0 amide bonds. The Morgan fingerprint density at radius 3 is 2.48 bits per heavy atom. The zero-order valence-electron chi connectivity index (χ0n) is 14.4. The number of hydrogen-bond donors (Lipinski definition) is 3. The highest BCUT2D eigenvalue weighted by molar-refractivity contribution is 7.89. The van der Waals surface area contributed by atoms with Crippen molar-refractivity contribution in [3.8, 4) is 6.07 Å². The van der Waals surface area contributed by atoms with Crippen LogP contribution in [0, 0.1) is 16.7 Å². The Morgan fingerprint density at radius 1 is 1.19 bits per heavy atom. The molecule has 0 fully saturated rings. The van der Waals surface area contributed by atoms with E-state index in [4.69, 9.17) is 16.4 Å². The highest BCUT2D eigenvalue weighted by Gasteiger charge is 2.28. The number of nitrogens with one attached hydrogen (secondary N) is 2. The van der Waals surface area contributed by atoms with E-state index in [1.807, 2.05) is 24.3 Å². The van der Waals surface area contributed by atoms with Crippen LogP contribution in [0.3, 0.4) is 0 Å². The minimum atomic E-state index is -3.61. The average Bonchev–Trinajstić information content (AvgIpc) is 2.68. The molecule has 8 nitrogen and oxygen atoms in total. The number of rotatable bonds is 5. The van der Waals surface area contributed by atoms with Crippen molar-refractivity contribution in [2.45, 2.75) is 17.9 Å². The van der Waals surface area contributed by atoms with Gasteiger partial charge < -0.3 is 5.73 Å². The third-order valence-electron chi connectivity index (χ3n) is 4.25. The smallest absolute Gasteiger partial charge is 0.243 e. The highest BCUT2D eigenvalue weighted by Crippen LogP contribution is 2.25. The minimum absolute atomic E-state index is 0.184. The molecule has 4 N–H and O–H groups in total. The summed E-state index contributed by atoms with van der Waals surface area (Å²) in [6.07, 6.45) is 0.686. The largest absolute Gasteiger partial charge is 0.382 e. The van der Waals surface area contributed by atoms with Gasteiger partial charge in [-0.1, -0.05) is 24.3 Å². The number of nitriles is 1. The van der Waals surface area contributed by atoms with Gasteiger partial charge in [0.15, 0.2) is 5.84 Å². The summed E-state index contributed by atoms with van der Waals surface area (Å²) in [6, 6.07) is 15.6. The fourth-order valence-electron chi connectivity index (χ4n) is 2.79. The van der Waals surface area contributed by atoms with E-state index < -0.39 is 15.9 Å². The maximum absolute atomic E-state index is 12.9. The Hall–Kier alpha value is -3.22. The average molecular weight is 382 g/mol. The lowest BCUT2D eigenvalue weighted by Gasteiger charge is -2.28. The molecular formula is C18H18N6O2S. The van der Waals surface area contributed by atoms with Gasteiger partial charge in [-0.3, -0.25) is 10.8 Å². The third-order valence-corrected chi connectivity index (χ3v) is 6.10. The maximum atomic E-state index is 12.9. The number of anilines is 1. The first-order chi connectivity index (χ1) is 12.9. The van der Waals surface area contributed by atoms with E-state index in [0.717, 1.165) is 5.56 Å². The van der Waals surface area contributed by atoms with Crippen LogP contribution in [0.15, 0.2) is 58.5 Å². The Balaban J connectivity index is 1.77. The predicted molar refractivity (Wildman–Crippen MR) is 103 cm³/mol. The van der Waals surface area contributed by atoms with Crippen LogP contribution in [-0.4, -0.2) is 30.8 Å². The summed E-state index contributed by atoms with van der Waals surface area (Å²) >= 11 is 0. The number of hydrogen-bond acceptors (Lipinski definition) is 6. The summed E-state index contributed by atoms with van der Waals surface area (Å²) in [6.45, 7) is 0.792. The lowest BCUT2D eigenvalue weighted by molar-refractivity contribution is 0.391. The van der Waals surface area contributed by atoms with E-state index in [0.29, 0.717) is 25.2 Å². The Bertz CT molecular complexity index is 1040. The fourth-order valence-corrected chi connectivity index (χ4v) is 4.21. The molecule has 1 aliphatic rings. The van der Waals surface area contributed by atoms with E-state index in [9.17, 15) is 8.42 Å². The Morgan fingerprint density at radius 2 is 1.85 bits per heavy atom. The molecule has 0 spiro atoms. The van der Waals surface area contributed by atoms with E-state index in [2.05, 4.69) is 10.5 Å². The normalized spacial score (nSPS) is 14.9. The van der Waals surface area contributed by atoms with Gasteiger partial charge in [0, 0.05) is 13.1 Å². The Labute approximate surface area is 157 Å². The first-order valence-corrected chi connectivity index (χ1v) is 9.61. The van der Waals surface area contributed by atoms with Gasteiger partial charge in [-0.15, -0.1) is 0 Å². The molecule has 1 heterocycles. The number of benzene rings is 2. The fraction of sp³-hybridized carbons (Fsp3) is 0.167. The van der Waals surface area contributed by atoms with Gasteiger partial charge >= 0.3 is 0 Å². The minimum Gasteiger partial charge on any atom is -0.382 e. The van der Waals surface area contributed by atoms with Crippen LogP contribution >= 0.6 is 0 Å². The molecule has 0 aromatic heterocycles. The van der Waals surface area contributed by atoms with E-state index in [1.165, 1.54) is 22.0 Å². The molecule has 9 heteroatoms. The molecule has 0 radical (unpaired) electrons. The molecular weight excluding hydrogens is 364 g/mol. The molecule has 27 heavy (non-hydrogen) atoms. The second-order valence-electron chi connectivity index (χ2n) is 5.98. The van der Waals surface area contributed by atoms with Gasteiger partial charge in [0.2, 0.25) is 15.7 Å². The van der Waals surface area contributed by atoms with Crippen molar-refractivity contribution in [1.82, 2.24) is 4.31 Å². The SMILES string of the molecule is N#C/C(=N\Nc1ccc(S(=O)(=O)N2CCc3ccccc3C2)cc1)C(=N)N. The van der Waals surface area contributed by atoms with E-state index in [-0.39, 0.29) is 10.6 Å². The van der Waals surface area contributed by atoms with Crippen molar-refractivity contribution in [3.05, 3.63) is 59.7 Å². The van der Waals surface area contributed by atoms with Crippen molar-refractivity contribution >= 4 is 27.3 Å². The zero-order chi connectivity index (χ0) is 19.4. The van der Waals surface area contributed by atoms with E-state index in [1.54, 1.807) is 18.2 Å². The second kappa shape index (κ2) is 7.57. The molecule has 0 atom stereocenters. The first kappa shape index (κ1) is 18.6. The molecule has 0 unspecified atom stereocenters. The van der Waals surface area contributed by atoms with Crippen molar-refractivity contribution in [2.75, 3.05) is 12.0 Å². The van der Waals surface area contributed by atoms with Gasteiger partial charge in [-0.25, -0.2) is 8.42 Å². The van der Waals surface area contributed by atoms with Crippen LogP contribution in [0.5, 0.6) is 0 Å². The third kappa shape index (κ3) is 3.97. The first-order valence-electron chi connectivity index (χ1n) is 8.17. The molecule has 0 saturated carbocycles. The van der Waals surface area contributed by atoms with Crippen molar-refractivity contribution < 1.29 is 8.42 Å². The zero-order valence-corrected chi connectivity index (χ0v) is 15.2. The van der Waals surface area contributed by atoms with Crippen LogP contribution in [-0.2, 0) is 23.0 Å². The molecule has 0 aliphatic carbocycles. The number of hydrazone groups is 1. The summed E-state index contributed by atoms with van der Waals surface area (Å²) in [5.74, 6) is -0.449. The summed E-state index contributed by atoms with van der Waals surface area (Å²) < 4.78 is 27.3. The van der Waals surface area contributed by atoms with Crippen LogP contribution in [0.25, 0.3) is 0 Å². The standard InChI is InChI=1S/C18H18N6O2S/c19-11-17(18(20)21)23-22-15-5-7-16(8-6-15)27(25,26)24-10-9-13-3-1-2-4-14(13)12-24/h1-8,22H,9-10,12H2,(H3,20,21)/b23-17+. The molecule has 0 saturated heterocycles. The van der Waals surface area contributed by atoms with E-state index >= 15 is 0 Å². The molecule has 138 valence electrons. The maximum Gasteiger partial charge on any atom is 0.243 e. The number of sulfonamides is 1. The monoisotopic (exact) mass is 382 g/mol. The predicted octanol–water partition coefficient (Wildman–Crippen LogP) is 1.66. The van der Waals surface area contributed by atoms with Gasteiger partial charge in [0.1, 0.15) is 6.07 Å². The van der Waals surface area contributed by atoms with Gasteiger partial charge in [-0.2, -0.15) is 14.7 Å². The summed E-state index contributed by atoms with van der Waals surface area (Å²) in [5, 5.41) is 19.7. The molecule has 0 bridgehead atoms. The topological polar surface area (TPSA) is 135 Å². The van der Waals surface area contributed by atoms with Crippen molar-refractivity contribution in [3.63, 3.8) is 0 Å². The molecule has 2 aromatic rings.